The molecule has 1 saturated heterocycles. The number of ether oxygens (including phenoxy) is 2. The van der Waals surface area contributed by atoms with Gasteiger partial charge in [-0.2, -0.15) is 0 Å². The number of benzene rings is 4. The van der Waals surface area contributed by atoms with Gasteiger partial charge in [0.15, 0.2) is 11.5 Å². The highest BCUT2D eigenvalue weighted by Crippen LogP contribution is 2.39. The Morgan fingerprint density at radius 3 is 2.30 bits per heavy atom. The van der Waals surface area contributed by atoms with E-state index in [1.165, 1.54) is 18.4 Å². The summed E-state index contributed by atoms with van der Waals surface area (Å²) in [7, 11) is 1.67. The maximum absolute atomic E-state index is 13.5. The van der Waals surface area contributed by atoms with E-state index >= 15 is 0 Å². The number of fused-ring (bicyclic) bond motifs is 1. The summed E-state index contributed by atoms with van der Waals surface area (Å²) in [5, 5.41) is 4.36. The summed E-state index contributed by atoms with van der Waals surface area (Å²) < 4.78 is 14.3. The molecule has 226 valence electrons. The van der Waals surface area contributed by atoms with Gasteiger partial charge >= 0.3 is 0 Å². The third kappa shape index (κ3) is 7.14. The zero-order valence-electron chi connectivity index (χ0n) is 25.5. The molecular formula is C38H41N3O3. The zero-order chi connectivity index (χ0) is 30.1. The molecule has 5 aromatic rings. The molecule has 1 aliphatic heterocycles. The second-order valence-corrected chi connectivity index (χ2v) is 11.6. The Kier molecular flexibility index (Phi) is 9.58. The van der Waals surface area contributed by atoms with E-state index in [9.17, 15) is 4.79 Å². The summed E-state index contributed by atoms with van der Waals surface area (Å²) in [6, 6.07) is 35.2. The van der Waals surface area contributed by atoms with Gasteiger partial charge in [0.1, 0.15) is 6.61 Å². The lowest BCUT2D eigenvalue weighted by atomic mass is 9.87. The molecule has 44 heavy (non-hydrogen) atoms. The van der Waals surface area contributed by atoms with E-state index in [-0.39, 0.29) is 11.8 Å². The van der Waals surface area contributed by atoms with Gasteiger partial charge in [0.25, 0.3) is 0 Å². The lowest BCUT2D eigenvalue weighted by molar-refractivity contribution is -0.121. The fourth-order valence-corrected chi connectivity index (χ4v) is 6.24. The van der Waals surface area contributed by atoms with E-state index < -0.39 is 0 Å². The van der Waals surface area contributed by atoms with Crippen LogP contribution in [0, 0.1) is 0 Å². The maximum atomic E-state index is 13.5. The quantitative estimate of drug-likeness (QED) is 0.161. The smallest absolute Gasteiger partial charge is 0.220 e. The first-order chi connectivity index (χ1) is 21.7. The number of carbonyl (C=O) groups is 1. The number of hydrogen-bond donors (Lipinski definition) is 1. The minimum atomic E-state index is -0.166. The Morgan fingerprint density at radius 2 is 1.55 bits per heavy atom. The van der Waals surface area contributed by atoms with Gasteiger partial charge in [-0.05, 0) is 66.4 Å². The topological polar surface area (TPSA) is 55.7 Å². The summed E-state index contributed by atoms with van der Waals surface area (Å²) in [5.41, 5.74) is 5.63. The van der Waals surface area contributed by atoms with Crippen molar-refractivity contribution >= 4 is 16.8 Å². The Morgan fingerprint density at radius 1 is 0.841 bits per heavy atom. The first kappa shape index (κ1) is 29.5. The molecule has 1 aromatic heterocycles. The Labute approximate surface area is 260 Å². The minimum absolute atomic E-state index is 0.0532. The van der Waals surface area contributed by atoms with E-state index in [0.29, 0.717) is 31.1 Å². The standard InChI is InChI=1S/C38H41N3O3/c1-43-37-24-31(18-19-36(37)44-28-30-14-6-3-7-15-30)33(25-38(42)39-20-23-40-21-10-11-22-40)34-27-41(26-29-12-4-2-5-13-29)35-17-9-8-16-32(34)35/h2-9,12-19,24,27,33H,10-11,20-23,25-26,28H2,1H3,(H,39,42). The average Bonchev–Trinajstić information content (AvgIpc) is 3.72. The number of rotatable bonds is 13. The van der Waals surface area contributed by atoms with Gasteiger partial charge in [0.05, 0.1) is 7.11 Å². The molecule has 4 aromatic carbocycles. The normalized spacial score (nSPS) is 14.0. The zero-order valence-corrected chi connectivity index (χ0v) is 25.5. The molecule has 0 radical (unpaired) electrons. The van der Waals surface area contributed by atoms with Crippen molar-refractivity contribution in [2.45, 2.75) is 38.3 Å². The highest BCUT2D eigenvalue weighted by Gasteiger charge is 2.24. The van der Waals surface area contributed by atoms with Crippen LogP contribution in [0.2, 0.25) is 0 Å². The van der Waals surface area contributed by atoms with E-state index in [0.717, 1.165) is 53.8 Å². The maximum Gasteiger partial charge on any atom is 0.220 e. The number of likely N-dealkylation sites (tertiary alicyclic amines) is 1. The van der Waals surface area contributed by atoms with Gasteiger partial charge in [0, 0.05) is 49.1 Å². The Hall–Kier alpha value is -4.55. The molecule has 1 aliphatic rings. The van der Waals surface area contributed by atoms with E-state index in [1.54, 1.807) is 7.11 Å². The molecule has 1 unspecified atom stereocenters. The molecule has 0 aliphatic carbocycles. The van der Waals surface area contributed by atoms with Crippen molar-refractivity contribution in [3.63, 3.8) is 0 Å². The van der Waals surface area contributed by atoms with Gasteiger partial charge in [-0.15, -0.1) is 0 Å². The van der Waals surface area contributed by atoms with Crippen LogP contribution in [-0.4, -0.2) is 48.7 Å². The molecule has 1 N–H and O–H groups in total. The van der Waals surface area contributed by atoms with Gasteiger partial charge in [0.2, 0.25) is 5.91 Å². The van der Waals surface area contributed by atoms with Crippen molar-refractivity contribution in [1.82, 2.24) is 14.8 Å². The number of nitrogens with one attached hydrogen (secondary N) is 1. The van der Waals surface area contributed by atoms with Crippen LogP contribution in [0.1, 0.15) is 47.4 Å². The van der Waals surface area contributed by atoms with E-state index in [1.807, 2.05) is 48.5 Å². The predicted octanol–water partition coefficient (Wildman–Crippen LogP) is 7.01. The lowest BCUT2D eigenvalue weighted by Gasteiger charge is -2.20. The third-order valence-electron chi connectivity index (χ3n) is 8.56. The number of methoxy groups -OCH3 is 1. The first-order valence-electron chi connectivity index (χ1n) is 15.6. The Bertz CT molecular complexity index is 1660. The van der Waals surface area contributed by atoms with Gasteiger partial charge in [-0.1, -0.05) is 84.9 Å². The fourth-order valence-electron chi connectivity index (χ4n) is 6.24. The van der Waals surface area contributed by atoms with Crippen molar-refractivity contribution in [2.24, 2.45) is 0 Å². The van der Waals surface area contributed by atoms with Crippen LogP contribution in [0.4, 0.5) is 0 Å². The second kappa shape index (κ2) is 14.3. The molecule has 1 atom stereocenters. The van der Waals surface area contributed by atoms with Crippen LogP contribution in [0.15, 0.2) is 109 Å². The van der Waals surface area contributed by atoms with Gasteiger partial charge in [-0.3, -0.25) is 4.79 Å². The van der Waals surface area contributed by atoms with Crippen LogP contribution in [0.5, 0.6) is 11.5 Å². The number of aromatic nitrogens is 1. The number of hydrogen-bond acceptors (Lipinski definition) is 4. The highest BCUT2D eigenvalue weighted by atomic mass is 16.5. The molecule has 0 saturated carbocycles. The molecule has 0 bridgehead atoms. The summed E-state index contributed by atoms with van der Waals surface area (Å²) >= 11 is 0. The van der Waals surface area contributed by atoms with Crippen LogP contribution in [0.3, 0.4) is 0 Å². The van der Waals surface area contributed by atoms with Crippen molar-refractivity contribution in [3.8, 4) is 11.5 Å². The van der Waals surface area contributed by atoms with Crippen molar-refractivity contribution < 1.29 is 14.3 Å². The number of amides is 1. The monoisotopic (exact) mass is 587 g/mol. The van der Waals surface area contributed by atoms with E-state index in [2.05, 4.69) is 75.6 Å². The minimum Gasteiger partial charge on any atom is -0.493 e. The SMILES string of the molecule is COc1cc(C(CC(=O)NCCN2CCCC2)c2cn(Cc3ccccc3)c3ccccc23)ccc1OCc1ccccc1. The van der Waals surface area contributed by atoms with Crippen LogP contribution in [0.25, 0.3) is 10.9 Å². The largest absolute Gasteiger partial charge is 0.493 e. The highest BCUT2D eigenvalue weighted by molar-refractivity contribution is 5.87. The van der Waals surface area contributed by atoms with Gasteiger partial charge in [-0.25, -0.2) is 0 Å². The second-order valence-electron chi connectivity index (χ2n) is 11.6. The number of nitrogens with zero attached hydrogens (tertiary/aromatic N) is 2. The molecule has 0 spiro atoms. The Balaban J connectivity index is 1.31. The van der Waals surface area contributed by atoms with Crippen molar-refractivity contribution in [2.75, 3.05) is 33.3 Å². The summed E-state index contributed by atoms with van der Waals surface area (Å²) in [6.07, 6.45) is 5.06. The number of carbonyl (C=O) groups excluding carboxylic acids is 1. The van der Waals surface area contributed by atoms with Crippen molar-refractivity contribution in [1.29, 1.82) is 0 Å². The summed E-state index contributed by atoms with van der Waals surface area (Å²) in [5.74, 6) is 1.23. The van der Waals surface area contributed by atoms with E-state index in [4.69, 9.17) is 9.47 Å². The van der Waals surface area contributed by atoms with Crippen molar-refractivity contribution in [3.05, 3.63) is 132 Å². The molecule has 2 heterocycles. The summed E-state index contributed by atoms with van der Waals surface area (Å²) in [4.78, 5) is 15.9. The lowest BCUT2D eigenvalue weighted by Crippen LogP contribution is -2.34. The fraction of sp³-hybridized carbons (Fsp3) is 0.289. The third-order valence-corrected chi connectivity index (χ3v) is 8.56. The number of para-hydroxylation sites is 1. The predicted molar refractivity (Wildman–Crippen MR) is 176 cm³/mol. The van der Waals surface area contributed by atoms with Crippen LogP contribution in [-0.2, 0) is 17.9 Å². The molecule has 6 heteroatoms. The first-order valence-corrected chi connectivity index (χ1v) is 15.6. The molecule has 6 rings (SSSR count). The molecule has 1 fully saturated rings. The molecule has 6 nitrogen and oxygen atoms in total. The molecular weight excluding hydrogens is 546 g/mol. The summed E-state index contributed by atoms with van der Waals surface area (Å²) in [6.45, 7) is 5.01. The van der Waals surface area contributed by atoms with Gasteiger partial charge < -0.3 is 24.3 Å². The molecule has 1 amide bonds. The van der Waals surface area contributed by atoms with Crippen LogP contribution >= 0.6 is 0 Å². The van der Waals surface area contributed by atoms with Crippen LogP contribution < -0.4 is 14.8 Å². The average molecular weight is 588 g/mol.